The van der Waals surface area contributed by atoms with Gasteiger partial charge < -0.3 is 15.5 Å². The summed E-state index contributed by atoms with van der Waals surface area (Å²) in [7, 11) is 2.00. The fourth-order valence-corrected chi connectivity index (χ4v) is 4.22. The zero-order chi connectivity index (χ0) is 21.6. The lowest BCUT2D eigenvalue weighted by atomic mass is 10.0. The van der Waals surface area contributed by atoms with Crippen molar-refractivity contribution < 1.29 is 4.79 Å². The Balaban J connectivity index is 1.55. The summed E-state index contributed by atoms with van der Waals surface area (Å²) in [6.45, 7) is 4.54. The Hall–Kier alpha value is -3.30. The topological polar surface area (TPSA) is 62.2 Å². The summed E-state index contributed by atoms with van der Waals surface area (Å²) in [6, 6.07) is 14.8. The molecule has 1 saturated heterocycles. The first-order valence-corrected chi connectivity index (χ1v) is 10.8. The lowest BCUT2D eigenvalue weighted by Gasteiger charge is -2.33. The molecule has 1 atom stereocenters. The highest BCUT2D eigenvalue weighted by Gasteiger charge is 2.25. The van der Waals surface area contributed by atoms with Crippen LogP contribution < -0.4 is 15.5 Å². The first kappa shape index (κ1) is 21.0. The standard InChI is InChI=1S/C25H29N5O/c1-3-4-15-30-23(17-28-25(30)29-14-8-12-21(18-29)26-2)24(31)27-16-20-11-7-10-19-9-5-6-13-22(19)20/h5-7,9-11,13,17,21,26H,8,12,14-16,18H2,1-2H3,(H,27,31). The third kappa shape index (κ3) is 4.57. The number of nitrogens with one attached hydrogen (secondary N) is 2. The van der Waals surface area contributed by atoms with Gasteiger partial charge in [-0.15, -0.1) is 5.92 Å². The van der Waals surface area contributed by atoms with Gasteiger partial charge in [-0.1, -0.05) is 48.4 Å². The van der Waals surface area contributed by atoms with Crippen LogP contribution >= 0.6 is 0 Å². The number of likely N-dealkylation sites (N-methyl/N-ethyl adjacent to an activating group) is 1. The van der Waals surface area contributed by atoms with Crippen LogP contribution in [0.3, 0.4) is 0 Å². The second-order valence-electron chi connectivity index (χ2n) is 7.85. The molecule has 6 nitrogen and oxygen atoms in total. The molecule has 6 heteroatoms. The van der Waals surface area contributed by atoms with Crippen molar-refractivity contribution in [1.29, 1.82) is 0 Å². The van der Waals surface area contributed by atoms with E-state index in [2.05, 4.69) is 56.6 Å². The van der Waals surface area contributed by atoms with Gasteiger partial charge in [-0.2, -0.15) is 0 Å². The minimum atomic E-state index is -0.133. The molecule has 31 heavy (non-hydrogen) atoms. The highest BCUT2D eigenvalue weighted by Crippen LogP contribution is 2.22. The maximum atomic E-state index is 13.1. The molecular formula is C25H29N5O. The van der Waals surface area contributed by atoms with Crippen LogP contribution in [-0.2, 0) is 13.1 Å². The van der Waals surface area contributed by atoms with E-state index >= 15 is 0 Å². The number of piperidine rings is 1. The van der Waals surface area contributed by atoms with E-state index in [0.717, 1.165) is 42.8 Å². The first-order chi connectivity index (χ1) is 15.2. The van der Waals surface area contributed by atoms with Gasteiger partial charge in [-0.25, -0.2) is 4.98 Å². The molecule has 0 aliphatic carbocycles. The quantitative estimate of drug-likeness (QED) is 0.607. The smallest absolute Gasteiger partial charge is 0.269 e. The molecule has 2 aromatic carbocycles. The highest BCUT2D eigenvalue weighted by atomic mass is 16.2. The number of rotatable bonds is 6. The van der Waals surface area contributed by atoms with E-state index in [0.29, 0.717) is 24.8 Å². The zero-order valence-electron chi connectivity index (χ0n) is 18.2. The first-order valence-electron chi connectivity index (χ1n) is 10.8. The van der Waals surface area contributed by atoms with Crippen molar-refractivity contribution in [2.24, 2.45) is 0 Å². The molecule has 0 saturated carbocycles. The van der Waals surface area contributed by atoms with Crippen LogP contribution in [0.15, 0.2) is 48.7 Å². The van der Waals surface area contributed by atoms with E-state index in [1.807, 2.05) is 36.7 Å². The number of hydrogen-bond acceptors (Lipinski definition) is 4. The molecule has 1 unspecified atom stereocenters. The van der Waals surface area contributed by atoms with Crippen molar-refractivity contribution in [2.75, 3.05) is 25.0 Å². The lowest BCUT2D eigenvalue weighted by molar-refractivity contribution is 0.0942. The second-order valence-corrected chi connectivity index (χ2v) is 7.85. The number of fused-ring (bicyclic) bond motifs is 1. The molecule has 0 bridgehead atoms. The van der Waals surface area contributed by atoms with Crippen LogP contribution in [0.25, 0.3) is 10.8 Å². The van der Waals surface area contributed by atoms with Crippen LogP contribution in [0.5, 0.6) is 0 Å². The molecule has 160 valence electrons. The van der Waals surface area contributed by atoms with E-state index in [1.165, 1.54) is 5.39 Å². The average molecular weight is 416 g/mol. The molecule has 1 fully saturated rings. The molecule has 1 aliphatic rings. The number of carbonyl (C=O) groups is 1. The summed E-state index contributed by atoms with van der Waals surface area (Å²) >= 11 is 0. The zero-order valence-corrected chi connectivity index (χ0v) is 18.2. The highest BCUT2D eigenvalue weighted by molar-refractivity contribution is 5.93. The van der Waals surface area contributed by atoms with Crippen LogP contribution in [-0.4, -0.2) is 41.6 Å². The summed E-state index contributed by atoms with van der Waals surface area (Å²) in [4.78, 5) is 20.0. The Bertz CT molecular complexity index is 1120. The van der Waals surface area contributed by atoms with E-state index in [4.69, 9.17) is 0 Å². The maximum absolute atomic E-state index is 13.1. The third-order valence-electron chi connectivity index (χ3n) is 5.91. The predicted molar refractivity (Wildman–Crippen MR) is 125 cm³/mol. The molecule has 2 N–H and O–H groups in total. The number of hydrogen-bond donors (Lipinski definition) is 2. The third-order valence-corrected chi connectivity index (χ3v) is 5.91. The number of anilines is 1. The molecule has 1 aliphatic heterocycles. The van der Waals surface area contributed by atoms with Crippen molar-refractivity contribution in [3.8, 4) is 11.8 Å². The van der Waals surface area contributed by atoms with E-state index in [-0.39, 0.29) is 5.91 Å². The molecule has 0 spiro atoms. The molecular weight excluding hydrogens is 386 g/mol. The fraction of sp³-hybridized carbons (Fsp3) is 0.360. The molecule has 1 aromatic heterocycles. The van der Waals surface area contributed by atoms with Gasteiger partial charge >= 0.3 is 0 Å². The van der Waals surface area contributed by atoms with Crippen molar-refractivity contribution in [3.05, 3.63) is 59.9 Å². The van der Waals surface area contributed by atoms with Crippen LogP contribution in [0.2, 0.25) is 0 Å². The van der Waals surface area contributed by atoms with Crippen molar-refractivity contribution in [2.45, 2.75) is 38.9 Å². The number of amides is 1. The normalized spacial score (nSPS) is 16.1. The van der Waals surface area contributed by atoms with Gasteiger partial charge in [-0.05, 0) is 43.1 Å². The fourth-order valence-electron chi connectivity index (χ4n) is 4.22. The van der Waals surface area contributed by atoms with Gasteiger partial charge in [-0.3, -0.25) is 9.36 Å². The van der Waals surface area contributed by atoms with E-state index in [1.54, 1.807) is 6.20 Å². The predicted octanol–water partition coefficient (Wildman–Crippen LogP) is 3.18. The molecule has 2 heterocycles. The van der Waals surface area contributed by atoms with Gasteiger partial charge in [0, 0.05) is 25.7 Å². The van der Waals surface area contributed by atoms with Crippen molar-refractivity contribution in [1.82, 2.24) is 20.2 Å². The Morgan fingerprint density at radius 1 is 1.23 bits per heavy atom. The average Bonchev–Trinajstić information content (AvgIpc) is 3.25. The molecule has 4 rings (SSSR count). The summed E-state index contributed by atoms with van der Waals surface area (Å²) in [5.74, 6) is 6.72. The number of carbonyl (C=O) groups excluding carboxylic acids is 1. The number of imidazole rings is 1. The van der Waals surface area contributed by atoms with Crippen LogP contribution in [0.1, 0.15) is 35.8 Å². The maximum Gasteiger partial charge on any atom is 0.269 e. The number of nitrogens with zero attached hydrogens (tertiary/aromatic N) is 3. The summed E-state index contributed by atoms with van der Waals surface area (Å²) in [5, 5.41) is 8.77. The van der Waals surface area contributed by atoms with Gasteiger partial charge in [0.25, 0.3) is 5.91 Å². The van der Waals surface area contributed by atoms with Gasteiger partial charge in [0.2, 0.25) is 5.95 Å². The monoisotopic (exact) mass is 415 g/mol. The van der Waals surface area contributed by atoms with E-state index in [9.17, 15) is 4.79 Å². The summed E-state index contributed by atoms with van der Waals surface area (Å²) in [6.07, 6.45) is 3.93. The Kier molecular flexibility index (Phi) is 6.54. The van der Waals surface area contributed by atoms with Crippen LogP contribution in [0, 0.1) is 11.8 Å². The largest absolute Gasteiger partial charge is 0.347 e. The van der Waals surface area contributed by atoms with E-state index < -0.39 is 0 Å². The molecule has 1 amide bonds. The molecule has 0 radical (unpaired) electrons. The van der Waals surface area contributed by atoms with Crippen molar-refractivity contribution >= 4 is 22.6 Å². The van der Waals surface area contributed by atoms with Gasteiger partial charge in [0.05, 0.1) is 12.7 Å². The minimum Gasteiger partial charge on any atom is -0.347 e. The Morgan fingerprint density at radius 2 is 2.06 bits per heavy atom. The minimum absolute atomic E-state index is 0.133. The summed E-state index contributed by atoms with van der Waals surface area (Å²) < 4.78 is 1.94. The SMILES string of the molecule is CC#CCn1c(C(=O)NCc2cccc3ccccc23)cnc1N1CCCC(NC)C1. The summed E-state index contributed by atoms with van der Waals surface area (Å²) in [5.41, 5.74) is 1.64. The second kappa shape index (κ2) is 9.67. The number of benzene rings is 2. The molecule has 3 aromatic rings. The van der Waals surface area contributed by atoms with Gasteiger partial charge in [0.1, 0.15) is 5.69 Å². The van der Waals surface area contributed by atoms with Crippen LogP contribution in [0.4, 0.5) is 5.95 Å². The van der Waals surface area contributed by atoms with Crippen molar-refractivity contribution in [3.63, 3.8) is 0 Å². The number of aromatic nitrogens is 2. The van der Waals surface area contributed by atoms with Gasteiger partial charge in [0.15, 0.2) is 0 Å². The Morgan fingerprint density at radius 3 is 2.90 bits per heavy atom. The lowest BCUT2D eigenvalue weighted by Crippen LogP contribution is -2.45. The Labute approximate surface area is 183 Å².